The number of piperidine rings is 1. The summed E-state index contributed by atoms with van der Waals surface area (Å²) in [5.41, 5.74) is -0.354. The van der Waals surface area contributed by atoms with Gasteiger partial charge in [0.1, 0.15) is 5.67 Å². The molecule has 1 N–H and O–H groups in total. The second-order valence-electron chi connectivity index (χ2n) is 3.70. The number of alkyl halides is 1. The maximum atomic E-state index is 14.5. The van der Waals surface area contributed by atoms with Crippen molar-refractivity contribution in [2.75, 3.05) is 13.1 Å². The highest BCUT2D eigenvalue weighted by atomic mass is 79.9. The first-order valence-corrected chi connectivity index (χ1v) is 5.66. The molecule has 2 rings (SSSR count). The van der Waals surface area contributed by atoms with Crippen molar-refractivity contribution in [1.29, 1.82) is 0 Å². The van der Waals surface area contributed by atoms with Crippen molar-refractivity contribution in [3.8, 4) is 0 Å². The predicted molar refractivity (Wildman–Crippen MR) is 59.0 cm³/mol. The predicted octanol–water partition coefficient (Wildman–Crippen LogP) is 3.00. The number of benzene rings is 1. The van der Waals surface area contributed by atoms with Gasteiger partial charge in [0.2, 0.25) is 0 Å². The Labute approximate surface area is 91.8 Å². The summed E-state index contributed by atoms with van der Waals surface area (Å²) in [6, 6.07) is 7.58. The molecule has 0 aromatic heterocycles. The lowest BCUT2D eigenvalue weighted by molar-refractivity contribution is 0.114. The molecule has 0 radical (unpaired) electrons. The summed E-state index contributed by atoms with van der Waals surface area (Å²) in [4.78, 5) is 0. The Balaban J connectivity index is 2.32. The molecule has 1 aliphatic heterocycles. The number of hydrogen-bond acceptors (Lipinski definition) is 1. The Kier molecular flexibility index (Phi) is 2.88. The van der Waals surface area contributed by atoms with Gasteiger partial charge >= 0.3 is 0 Å². The highest BCUT2D eigenvalue weighted by molar-refractivity contribution is 9.10. The van der Waals surface area contributed by atoms with E-state index in [1.807, 2.05) is 24.3 Å². The van der Waals surface area contributed by atoms with Crippen LogP contribution in [0.1, 0.15) is 18.4 Å². The number of rotatable bonds is 1. The third kappa shape index (κ3) is 1.84. The van der Waals surface area contributed by atoms with Gasteiger partial charge in [0.05, 0.1) is 0 Å². The van der Waals surface area contributed by atoms with E-state index in [4.69, 9.17) is 0 Å². The maximum Gasteiger partial charge on any atom is 0.139 e. The zero-order valence-electron chi connectivity index (χ0n) is 7.89. The molecule has 0 aliphatic carbocycles. The van der Waals surface area contributed by atoms with Gasteiger partial charge < -0.3 is 5.32 Å². The van der Waals surface area contributed by atoms with Gasteiger partial charge in [0.15, 0.2) is 0 Å². The monoisotopic (exact) mass is 257 g/mol. The van der Waals surface area contributed by atoms with Gasteiger partial charge in [-0.15, -0.1) is 0 Å². The van der Waals surface area contributed by atoms with Crippen LogP contribution in [0.15, 0.2) is 28.7 Å². The van der Waals surface area contributed by atoms with Crippen molar-refractivity contribution in [3.63, 3.8) is 0 Å². The third-order valence-corrected chi connectivity index (χ3v) is 3.44. The zero-order chi connectivity index (χ0) is 10.0. The van der Waals surface area contributed by atoms with Gasteiger partial charge in [-0.3, -0.25) is 0 Å². The van der Waals surface area contributed by atoms with Crippen LogP contribution in [0, 0.1) is 0 Å². The molecular formula is C11H13BrFN. The topological polar surface area (TPSA) is 12.0 Å². The fourth-order valence-corrected chi connectivity index (χ4v) is 2.56. The molecule has 3 heteroatoms. The van der Waals surface area contributed by atoms with Crippen LogP contribution < -0.4 is 5.32 Å². The highest BCUT2D eigenvalue weighted by Gasteiger charge is 2.34. The average molecular weight is 258 g/mol. The first kappa shape index (κ1) is 10.1. The molecule has 1 aromatic rings. The van der Waals surface area contributed by atoms with Gasteiger partial charge in [-0.1, -0.05) is 34.1 Å². The lowest BCUT2D eigenvalue weighted by Crippen LogP contribution is -2.36. The van der Waals surface area contributed by atoms with E-state index >= 15 is 0 Å². The average Bonchev–Trinajstić information content (AvgIpc) is 2.19. The van der Waals surface area contributed by atoms with Crippen molar-refractivity contribution in [3.05, 3.63) is 34.3 Å². The number of nitrogens with one attached hydrogen (secondary N) is 1. The summed E-state index contributed by atoms with van der Waals surface area (Å²) >= 11 is 3.41. The van der Waals surface area contributed by atoms with Crippen LogP contribution in [0.25, 0.3) is 0 Å². The Morgan fingerprint density at radius 2 is 1.86 bits per heavy atom. The van der Waals surface area contributed by atoms with E-state index in [1.165, 1.54) is 0 Å². The molecule has 1 aromatic carbocycles. The van der Waals surface area contributed by atoms with Crippen LogP contribution in [0.2, 0.25) is 0 Å². The van der Waals surface area contributed by atoms with E-state index in [1.54, 1.807) is 0 Å². The van der Waals surface area contributed by atoms with Gasteiger partial charge in [-0.05, 0) is 32.0 Å². The molecule has 1 fully saturated rings. The molecule has 0 saturated carbocycles. The van der Waals surface area contributed by atoms with Crippen LogP contribution in [-0.2, 0) is 5.67 Å². The second-order valence-corrected chi connectivity index (χ2v) is 4.55. The molecule has 0 unspecified atom stereocenters. The first-order valence-electron chi connectivity index (χ1n) is 4.87. The molecule has 0 spiro atoms. The minimum absolute atomic E-state index is 0.565. The number of hydrogen-bond donors (Lipinski definition) is 1. The number of halogens is 2. The van der Waals surface area contributed by atoms with E-state index in [0.717, 1.165) is 23.1 Å². The van der Waals surface area contributed by atoms with E-state index < -0.39 is 5.67 Å². The van der Waals surface area contributed by atoms with E-state index in [0.29, 0.717) is 12.8 Å². The molecule has 0 bridgehead atoms. The maximum absolute atomic E-state index is 14.5. The molecule has 1 saturated heterocycles. The minimum Gasteiger partial charge on any atom is -0.316 e. The SMILES string of the molecule is FC1(c2ccccc2Br)CCNCC1. The quantitative estimate of drug-likeness (QED) is 0.816. The lowest BCUT2D eigenvalue weighted by atomic mass is 9.87. The fourth-order valence-electron chi connectivity index (χ4n) is 1.92. The molecule has 14 heavy (non-hydrogen) atoms. The van der Waals surface area contributed by atoms with Crippen molar-refractivity contribution in [2.24, 2.45) is 0 Å². The normalized spacial score (nSPS) is 20.7. The van der Waals surface area contributed by atoms with Gasteiger partial charge in [-0.25, -0.2) is 4.39 Å². The first-order chi connectivity index (χ1) is 6.72. The summed E-state index contributed by atoms with van der Waals surface area (Å²) in [6.45, 7) is 1.52. The fraction of sp³-hybridized carbons (Fsp3) is 0.455. The molecule has 1 aliphatic rings. The minimum atomic E-state index is -1.15. The molecule has 0 amide bonds. The summed E-state index contributed by atoms with van der Waals surface area (Å²) in [7, 11) is 0. The molecule has 1 heterocycles. The Morgan fingerprint density at radius 1 is 1.21 bits per heavy atom. The van der Waals surface area contributed by atoms with Crippen LogP contribution in [0.4, 0.5) is 4.39 Å². The van der Waals surface area contributed by atoms with Gasteiger partial charge in [-0.2, -0.15) is 0 Å². The lowest BCUT2D eigenvalue weighted by Gasteiger charge is -2.31. The molecule has 0 atom stereocenters. The Morgan fingerprint density at radius 3 is 2.50 bits per heavy atom. The Hall–Kier alpha value is -0.410. The van der Waals surface area contributed by atoms with Gasteiger partial charge in [0, 0.05) is 10.0 Å². The summed E-state index contributed by atoms with van der Waals surface area (Å²) in [5, 5.41) is 3.17. The molecule has 76 valence electrons. The Bertz CT molecular complexity index is 321. The smallest absolute Gasteiger partial charge is 0.139 e. The second kappa shape index (κ2) is 3.99. The van der Waals surface area contributed by atoms with Crippen molar-refractivity contribution >= 4 is 15.9 Å². The van der Waals surface area contributed by atoms with Gasteiger partial charge in [0.25, 0.3) is 0 Å². The molecule has 1 nitrogen and oxygen atoms in total. The summed E-state index contributed by atoms with van der Waals surface area (Å²) < 4.78 is 15.4. The van der Waals surface area contributed by atoms with Crippen LogP contribution in [-0.4, -0.2) is 13.1 Å². The van der Waals surface area contributed by atoms with E-state index in [9.17, 15) is 4.39 Å². The van der Waals surface area contributed by atoms with Crippen molar-refractivity contribution in [1.82, 2.24) is 5.32 Å². The van der Waals surface area contributed by atoms with Crippen LogP contribution >= 0.6 is 15.9 Å². The largest absolute Gasteiger partial charge is 0.316 e. The third-order valence-electron chi connectivity index (χ3n) is 2.75. The highest BCUT2D eigenvalue weighted by Crippen LogP contribution is 2.38. The standard InChI is InChI=1S/C11H13BrFN/c12-10-4-2-1-3-9(10)11(13)5-7-14-8-6-11/h1-4,14H,5-8H2. The summed E-state index contributed by atoms with van der Waals surface area (Å²) in [6.07, 6.45) is 1.13. The van der Waals surface area contributed by atoms with Crippen LogP contribution in [0.5, 0.6) is 0 Å². The van der Waals surface area contributed by atoms with Crippen LogP contribution in [0.3, 0.4) is 0 Å². The van der Waals surface area contributed by atoms with Crippen molar-refractivity contribution < 1.29 is 4.39 Å². The van der Waals surface area contributed by atoms with E-state index in [2.05, 4.69) is 21.2 Å². The zero-order valence-corrected chi connectivity index (χ0v) is 9.48. The van der Waals surface area contributed by atoms with Crippen molar-refractivity contribution in [2.45, 2.75) is 18.5 Å². The molecular weight excluding hydrogens is 245 g/mol. The van der Waals surface area contributed by atoms with E-state index in [-0.39, 0.29) is 0 Å². The summed E-state index contributed by atoms with van der Waals surface area (Å²) in [5.74, 6) is 0.